The number of aromatic nitrogens is 1. The van der Waals surface area contributed by atoms with Crippen molar-refractivity contribution in [1.29, 1.82) is 0 Å². The molecule has 0 aliphatic rings. The van der Waals surface area contributed by atoms with E-state index >= 15 is 0 Å². The van der Waals surface area contributed by atoms with Gasteiger partial charge in [0.05, 0.1) is 6.54 Å². The maximum absolute atomic E-state index is 14.0. The van der Waals surface area contributed by atoms with Crippen LogP contribution in [-0.4, -0.2) is 47.3 Å². The Kier molecular flexibility index (Phi) is 8.56. The molecule has 0 aliphatic carbocycles. The highest BCUT2D eigenvalue weighted by Gasteiger charge is 2.16. The monoisotopic (exact) mass is 517 g/mol. The number of hydrogen-bond donors (Lipinski definition) is 2. The zero-order valence-corrected chi connectivity index (χ0v) is 19.9. The second-order valence-electron chi connectivity index (χ2n) is 6.92. The van der Waals surface area contributed by atoms with Crippen LogP contribution in [0.1, 0.15) is 10.4 Å². The fourth-order valence-electron chi connectivity index (χ4n) is 2.74. The van der Waals surface area contributed by atoms with Gasteiger partial charge in [-0.25, -0.2) is 14.2 Å². The van der Waals surface area contributed by atoms with Crippen molar-refractivity contribution in [2.24, 2.45) is 0 Å². The van der Waals surface area contributed by atoms with E-state index in [4.69, 9.17) is 39.5 Å². The Morgan fingerprint density at radius 3 is 2.62 bits per heavy atom. The largest absolute Gasteiger partial charge is 0.491 e. The molecular weight excluding hydrogens is 500 g/mol. The first-order valence-electron chi connectivity index (χ1n) is 9.37. The smallest absolute Gasteiger partial charge is 0.323 e. The molecule has 1 aromatic heterocycles. The van der Waals surface area contributed by atoms with Crippen LogP contribution in [0.25, 0.3) is 0 Å². The number of rotatable bonds is 8. The van der Waals surface area contributed by atoms with Gasteiger partial charge in [0.15, 0.2) is 5.13 Å². The number of amides is 2. The molecule has 0 radical (unpaired) electrons. The first-order valence-corrected chi connectivity index (χ1v) is 11.3. The Morgan fingerprint density at radius 2 is 1.94 bits per heavy atom. The van der Waals surface area contributed by atoms with Gasteiger partial charge in [-0.05, 0) is 35.9 Å². The third-order valence-corrected chi connectivity index (χ3v) is 5.84. The minimum atomic E-state index is -0.941. The quantitative estimate of drug-likeness (QED) is 0.399. The number of hydrogen-bond acceptors (Lipinski definition) is 5. The number of benzene rings is 2. The molecule has 1 heterocycles. The molecule has 2 amide bonds. The number of nitrogens with zero attached hydrogens (tertiary/aromatic N) is 2. The molecule has 0 aliphatic heterocycles. The summed E-state index contributed by atoms with van der Waals surface area (Å²) in [5.74, 6) is 0.0218. The van der Waals surface area contributed by atoms with Gasteiger partial charge < -0.3 is 14.7 Å². The summed E-state index contributed by atoms with van der Waals surface area (Å²) in [6.45, 7) is -0.0311. The Morgan fingerprint density at radius 1 is 1.22 bits per heavy atom. The maximum Gasteiger partial charge on any atom is 0.323 e. The Labute approximate surface area is 203 Å². The molecule has 32 heavy (non-hydrogen) atoms. The van der Waals surface area contributed by atoms with E-state index in [9.17, 15) is 14.3 Å². The Bertz CT molecular complexity index is 1080. The predicted molar refractivity (Wildman–Crippen MR) is 126 cm³/mol. The van der Waals surface area contributed by atoms with Gasteiger partial charge in [0.1, 0.15) is 24.3 Å². The molecule has 0 saturated carbocycles. The number of carbonyl (C=O) groups excluding carboxylic acids is 1. The number of thiazole rings is 1. The molecular formula is C21H19Cl3FN3O3S. The summed E-state index contributed by atoms with van der Waals surface area (Å²) in [4.78, 5) is 18.6. The molecule has 6 nitrogen and oxygen atoms in total. The minimum Gasteiger partial charge on any atom is -0.491 e. The number of ether oxygens (including phenoxy) is 1. The normalized spacial score (nSPS) is 11.8. The molecule has 3 rings (SSSR count). The second-order valence-corrected chi connectivity index (χ2v) is 9.35. The van der Waals surface area contributed by atoms with Crippen molar-refractivity contribution in [3.8, 4) is 5.75 Å². The number of likely N-dealkylation sites (N-methyl/N-ethyl adjacent to an activating group) is 1. The number of nitrogens with one attached hydrogen (secondary N) is 1. The van der Waals surface area contributed by atoms with E-state index in [1.54, 1.807) is 36.5 Å². The molecule has 0 spiro atoms. The van der Waals surface area contributed by atoms with E-state index < -0.39 is 18.0 Å². The number of urea groups is 1. The lowest BCUT2D eigenvalue weighted by atomic mass is 10.1. The number of aliphatic hydroxyl groups is 1. The molecule has 11 heteroatoms. The van der Waals surface area contributed by atoms with Crippen LogP contribution in [0.4, 0.5) is 14.3 Å². The molecule has 0 fully saturated rings. The lowest BCUT2D eigenvalue weighted by Gasteiger charge is -2.21. The Balaban J connectivity index is 1.48. The highest BCUT2D eigenvalue weighted by atomic mass is 35.5. The molecule has 0 saturated heterocycles. The van der Waals surface area contributed by atoms with Crippen LogP contribution in [0, 0.1) is 5.82 Å². The van der Waals surface area contributed by atoms with Gasteiger partial charge in [-0.3, -0.25) is 5.32 Å². The van der Waals surface area contributed by atoms with E-state index in [1.807, 2.05) is 0 Å². The zero-order valence-electron chi connectivity index (χ0n) is 16.8. The van der Waals surface area contributed by atoms with Crippen LogP contribution >= 0.6 is 46.1 Å². The lowest BCUT2D eigenvalue weighted by Crippen LogP contribution is -2.39. The molecule has 1 atom stereocenters. The summed E-state index contributed by atoms with van der Waals surface area (Å²) in [5, 5.41) is 14.4. The highest BCUT2D eigenvalue weighted by Crippen LogP contribution is 2.25. The summed E-state index contributed by atoms with van der Waals surface area (Å²) in [6.07, 6.45) is 0.964. The maximum atomic E-state index is 14.0. The number of carbonyl (C=O) groups is 1. The average Bonchev–Trinajstić information content (AvgIpc) is 3.14. The first-order chi connectivity index (χ1) is 15.2. The molecule has 2 aromatic carbocycles. The van der Waals surface area contributed by atoms with Crippen LogP contribution in [0.15, 0.2) is 42.6 Å². The summed E-state index contributed by atoms with van der Waals surface area (Å²) < 4.78 is 19.4. The van der Waals surface area contributed by atoms with Crippen molar-refractivity contribution >= 4 is 57.3 Å². The summed E-state index contributed by atoms with van der Waals surface area (Å²) in [7, 11) is 1.53. The summed E-state index contributed by atoms with van der Waals surface area (Å²) in [5.41, 5.74) is 0.483. The van der Waals surface area contributed by atoms with E-state index in [0.717, 1.165) is 4.88 Å². The SMILES string of the molecule is CN(CC(O)COc1cc(Cl)cc(Cl)c1)C(=O)Nc1ncc(Cc2ccc(Cl)cc2F)s1. The van der Waals surface area contributed by atoms with Gasteiger partial charge in [0, 0.05) is 39.6 Å². The number of aliphatic hydroxyl groups excluding tert-OH is 1. The van der Waals surface area contributed by atoms with Crippen molar-refractivity contribution in [3.63, 3.8) is 0 Å². The first kappa shape index (κ1) is 24.5. The average molecular weight is 519 g/mol. The molecule has 0 bridgehead atoms. The van der Waals surface area contributed by atoms with Crippen molar-refractivity contribution in [3.05, 3.63) is 73.9 Å². The topological polar surface area (TPSA) is 74.7 Å². The Hall–Kier alpha value is -2.10. The van der Waals surface area contributed by atoms with Crippen LogP contribution < -0.4 is 10.1 Å². The second kappa shape index (κ2) is 11.2. The van der Waals surface area contributed by atoms with Crippen LogP contribution in [0.3, 0.4) is 0 Å². The van der Waals surface area contributed by atoms with Crippen molar-refractivity contribution < 1.29 is 19.0 Å². The zero-order chi connectivity index (χ0) is 23.3. The molecule has 2 N–H and O–H groups in total. The van der Waals surface area contributed by atoms with Crippen molar-refractivity contribution in [2.45, 2.75) is 12.5 Å². The fourth-order valence-corrected chi connectivity index (χ4v) is 4.23. The predicted octanol–water partition coefficient (Wildman–Crippen LogP) is 5.74. The highest BCUT2D eigenvalue weighted by molar-refractivity contribution is 7.15. The van der Waals surface area contributed by atoms with Crippen LogP contribution in [0.5, 0.6) is 5.75 Å². The summed E-state index contributed by atoms with van der Waals surface area (Å²) >= 11 is 18.8. The van der Waals surface area contributed by atoms with E-state index in [1.165, 1.54) is 29.4 Å². The van der Waals surface area contributed by atoms with E-state index in [-0.39, 0.29) is 13.2 Å². The third kappa shape index (κ3) is 7.21. The van der Waals surface area contributed by atoms with Crippen LogP contribution in [-0.2, 0) is 6.42 Å². The van der Waals surface area contributed by atoms with Gasteiger partial charge in [0.2, 0.25) is 0 Å². The van der Waals surface area contributed by atoms with Crippen molar-refractivity contribution in [1.82, 2.24) is 9.88 Å². The molecule has 170 valence electrons. The third-order valence-electron chi connectivity index (χ3n) is 4.26. The van der Waals surface area contributed by atoms with Gasteiger partial charge in [-0.2, -0.15) is 0 Å². The van der Waals surface area contributed by atoms with E-state index in [0.29, 0.717) is 37.9 Å². The lowest BCUT2D eigenvalue weighted by molar-refractivity contribution is 0.0850. The van der Waals surface area contributed by atoms with Gasteiger partial charge in [-0.15, -0.1) is 11.3 Å². The molecule has 1 unspecified atom stereocenters. The van der Waals surface area contributed by atoms with Crippen LogP contribution in [0.2, 0.25) is 15.1 Å². The van der Waals surface area contributed by atoms with Gasteiger partial charge >= 0.3 is 6.03 Å². The number of halogens is 4. The van der Waals surface area contributed by atoms with Gasteiger partial charge in [-0.1, -0.05) is 40.9 Å². The standard InChI is InChI=1S/C21H19Cl3FN3O3S/c1-28(10-16(29)11-31-17-6-14(23)5-15(24)7-17)21(30)27-20-26-9-18(32-20)4-12-2-3-13(22)8-19(12)25/h2-3,5-9,16,29H,4,10-11H2,1H3,(H,26,27,30). The van der Waals surface area contributed by atoms with Crippen molar-refractivity contribution in [2.75, 3.05) is 25.5 Å². The minimum absolute atomic E-state index is 0.0222. The number of anilines is 1. The van der Waals surface area contributed by atoms with E-state index in [2.05, 4.69) is 10.3 Å². The van der Waals surface area contributed by atoms with Gasteiger partial charge in [0.25, 0.3) is 0 Å². The fraction of sp³-hybridized carbons (Fsp3) is 0.238. The molecule has 3 aromatic rings. The summed E-state index contributed by atoms with van der Waals surface area (Å²) in [6, 6.07) is 8.76.